The lowest BCUT2D eigenvalue weighted by Gasteiger charge is -2.32. The average molecular weight is 476 g/mol. The van der Waals surface area contributed by atoms with Gasteiger partial charge in [-0.25, -0.2) is 13.8 Å². The molecule has 1 aromatic heterocycles. The zero-order valence-electron chi connectivity index (χ0n) is 15.4. The van der Waals surface area contributed by atoms with E-state index in [1.165, 1.54) is 0 Å². The Labute approximate surface area is 172 Å². The number of pyridine rings is 1. The number of alkyl halides is 8. The number of ether oxygens (including phenoxy) is 1. The van der Waals surface area contributed by atoms with E-state index in [4.69, 9.17) is 5.11 Å². The van der Waals surface area contributed by atoms with Crippen LogP contribution in [0.15, 0.2) is 24.3 Å². The minimum absolute atomic E-state index is 0.0584. The van der Waals surface area contributed by atoms with Crippen LogP contribution in [0.3, 0.4) is 0 Å². The number of nitrogens with zero attached hydrogens (tertiary/aromatic N) is 1. The van der Waals surface area contributed by atoms with E-state index < -0.39 is 66.4 Å². The first-order valence-electron chi connectivity index (χ1n) is 8.28. The van der Waals surface area contributed by atoms with Crippen LogP contribution in [0.2, 0.25) is 0 Å². The van der Waals surface area contributed by atoms with E-state index in [0.29, 0.717) is 0 Å². The van der Waals surface area contributed by atoms with Gasteiger partial charge < -0.3 is 20.3 Å². The SMILES string of the molecule is O=C(O)CNC(=O)c1nc2ccc(OCC(F)(F)C(F)(F)C(F)(F)C(F)F)cc2cc1O. The molecule has 1 heterocycles. The van der Waals surface area contributed by atoms with Gasteiger partial charge in [0.25, 0.3) is 5.91 Å². The number of carboxylic acid groups (broad SMARTS) is 1. The third-order valence-electron chi connectivity index (χ3n) is 3.95. The third-order valence-corrected chi connectivity index (χ3v) is 3.95. The van der Waals surface area contributed by atoms with E-state index in [-0.39, 0.29) is 10.9 Å². The first-order chi connectivity index (χ1) is 14.6. The monoisotopic (exact) mass is 476 g/mol. The second-order valence-corrected chi connectivity index (χ2v) is 6.28. The minimum Gasteiger partial charge on any atom is -0.505 e. The number of nitrogens with one attached hydrogen (secondary N) is 1. The van der Waals surface area contributed by atoms with Crippen molar-refractivity contribution in [3.63, 3.8) is 0 Å². The normalized spacial score (nSPS) is 12.8. The number of aliphatic carboxylic acids is 1. The van der Waals surface area contributed by atoms with E-state index in [0.717, 1.165) is 24.3 Å². The summed E-state index contributed by atoms with van der Waals surface area (Å²) in [4.78, 5) is 26.0. The van der Waals surface area contributed by atoms with Crippen molar-refractivity contribution in [2.45, 2.75) is 24.2 Å². The first-order valence-corrected chi connectivity index (χ1v) is 8.28. The molecule has 1 aromatic carbocycles. The predicted octanol–water partition coefficient (Wildman–Crippen LogP) is 3.30. The Balaban J connectivity index is 2.23. The molecule has 0 atom stereocenters. The highest BCUT2D eigenvalue weighted by atomic mass is 19.4. The summed E-state index contributed by atoms with van der Waals surface area (Å²) in [6, 6.07) is 3.62. The molecule has 176 valence electrons. The number of aromatic nitrogens is 1. The molecule has 0 fully saturated rings. The molecule has 2 aromatic rings. The highest BCUT2D eigenvalue weighted by Crippen LogP contribution is 2.48. The number of carbonyl (C=O) groups is 2. The summed E-state index contributed by atoms with van der Waals surface area (Å²) in [5.74, 6) is -22.2. The van der Waals surface area contributed by atoms with Gasteiger partial charge in [0.1, 0.15) is 18.0 Å². The smallest absolute Gasteiger partial charge is 0.381 e. The van der Waals surface area contributed by atoms with E-state index in [1.807, 2.05) is 5.32 Å². The van der Waals surface area contributed by atoms with Gasteiger partial charge in [-0.3, -0.25) is 9.59 Å². The summed E-state index contributed by atoms with van der Waals surface area (Å²) in [5, 5.41) is 20.2. The molecular formula is C17H12F8N2O5. The number of halogens is 8. The Morgan fingerprint density at radius 2 is 1.72 bits per heavy atom. The molecule has 0 bridgehead atoms. The summed E-state index contributed by atoms with van der Waals surface area (Å²) >= 11 is 0. The average Bonchev–Trinajstić information content (AvgIpc) is 2.69. The van der Waals surface area contributed by atoms with E-state index >= 15 is 0 Å². The molecule has 15 heteroatoms. The molecule has 0 aliphatic rings. The van der Waals surface area contributed by atoms with Gasteiger partial charge in [0.05, 0.1) is 5.52 Å². The number of carbonyl (C=O) groups excluding carboxylic acids is 1. The van der Waals surface area contributed by atoms with Crippen LogP contribution in [0, 0.1) is 0 Å². The van der Waals surface area contributed by atoms with Crippen LogP contribution < -0.4 is 10.1 Å². The number of benzene rings is 1. The number of hydrogen-bond acceptors (Lipinski definition) is 5. The van der Waals surface area contributed by atoms with Gasteiger partial charge in [0.2, 0.25) is 0 Å². The predicted molar refractivity (Wildman–Crippen MR) is 89.7 cm³/mol. The summed E-state index contributed by atoms with van der Waals surface area (Å²) in [5.41, 5.74) is -0.648. The fourth-order valence-corrected chi connectivity index (χ4v) is 2.29. The van der Waals surface area contributed by atoms with Crippen LogP contribution in [0.25, 0.3) is 10.9 Å². The Kier molecular flexibility index (Phi) is 6.70. The Hall–Kier alpha value is -3.39. The van der Waals surface area contributed by atoms with E-state index in [2.05, 4.69) is 9.72 Å². The van der Waals surface area contributed by atoms with Gasteiger partial charge in [0.15, 0.2) is 12.3 Å². The number of rotatable bonds is 9. The van der Waals surface area contributed by atoms with Crippen molar-refractivity contribution in [3.05, 3.63) is 30.0 Å². The fourth-order valence-electron chi connectivity index (χ4n) is 2.29. The molecular weight excluding hydrogens is 464 g/mol. The molecule has 32 heavy (non-hydrogen) atoms. The van der Waals surface area contributed by atoms with Crippen LogP contribution in [0.1, 0.15) is 10.5 Å². The molecule has 0 spiro atoms. The van der Waals surface area contributed by atoms with Crippen molar-refractivity contribution < 1.29 is 59.7 Å². The molecule has 0 unspecified atom stereocenters. The molecule has 3 N–H and O–H groups in total. The second kappa shape index (κ2) is 8.63. The first kappa shape index (κ1) is 24.9. The van der Waals surface area contributed by atoms with Gasteiger partial charge in [-0.2, -0.15) is 26.3 Å². The quantitative estimate of drug-likeness (QED) is 0.480. The van der Waals surface area contributed by atoms with Crippen LogP contribution in [-0.2, 0) is 4.79 Å². The topological polar surface area (TPSA) is 109 Å². The number of hydrogen-bond donors (Lipinski definition) is 3. The molecule has 0 saturated carbocycles. The lowest BCUT2D eigenvalue weighted by molar-refractivity contribution is -0.342. The molecule has 1 amide bonds. The van der Waals surface area contributed by atoms with Crippen LogP contribution in [-0.4, -0.2) is 64.4 Å². The number of fused-ring (bicyclic) bond motifs is 1. The maximum Gasteiger partial charge on any atom is 0.381 e. The van der Waals surface area contributed by atoms with Gasteiger partial charge in [-0.15, -0.1) is 0 Å². The summed E-state index contributed by atoms with van der Waals surface area (Å²) in [6.07, 6.45) is -5.06. The minimum atomic E-state index is -6.43. The van der Waals surface area contributed by atoms with Gasteiger partial charge in [-0.1, -0.05) is 0 Å². The van der Waals surface area contributed by atoms with Gasteiger partial charge >= 0.3 is 30.2 Å². The number of amides is 1. The molecule has 7 nitrogen and oxygen atoms in total. The lowest BCUT2D eigenvalue weighted by Crippen LogP contribution is -2.59. The molecule has 2 rings (SSSR count). The van der Waals surface area contributed by atoms with Crippen molar-refractivity contribution >= 4 is 22.8 Å². The summed E-state index contributed by atoms with van der Waals surface area (Å²) in [6.45, 7) is -3.17. The highest BCUT2D eigenvalue weighted by Gasteiger charge is 2.75. The van der Waals surface area contributed by atoms with Crippen molar-refractivity contribution in [2.75, 3.05) is 13.2 Å². The summed E-state index contributed by atoms with van der Waals surface area (Å²) in [7, 11) is 0. The van der Waals surface area contributed by atoms with Crippen molar-refractivity contribution in [2.24, 2.45) is 0 Å². The van der Waals surface area contributed by atoms with E-state index in [9.17, 15) is 49.8 Å². The van der Waals surface area contributed by atoms with Crippen molar-refractivity contribution in [1.29, 1.82) is 0 Å². The Morgan fingerprint density at radius 3 is 2.28 bits per heavy atom. The van der Waals surface area contributed by atoms with Crippen LogP contribution >= 0.6 is 0 Å². The third kappa shape index (κ3) is 4.75. The Morgan fingerprint density at radius 1 is 1.09 bits per heavy atom. The second-order valence-electron chi connectivity index (χ2n) is 6.28. The van der Waals surface area contributed by atoms with Gasteiger partial charge in [0, 0.05) is 5.39 Å². The molecule has 0 aliphatic heterocycles. The molecule has 0 saturated heterocycles. The largest absolute Gasteiger partial charge is 0.505 e. The maximum atomic E-state index is 13.6. The zero-order chi connectivity index (χ0) is 24.5. The molecule has 0 aliphatic carbocycles. The summed E-state index contributed by atoms with van der Waals surface area (Å²) < 4.78 is 108. The van der Waals surface area contributed by atoms with Gasteiger partial charge in [-0.05, 0) is 24.3 Å². The van der Waals surface area contributed by atoms with Crippen molar-refractivity contribution in [3.8, 4) is 11.5 Å². The number of carboxylic acids is 1. The fraction of sp³-hybridized carbons (Fsp3) is 0.353. The molecule has 0 radical (unpaired) electrons. The maximum absolute atomic E-state index is 13.6. The number of aromatic hydroxyl groups is 1. The van der Waals surface area contributed by atoms with Crippen LogP contribution in [0.4, 0.5) is 35.1 Å². The lowest BCUT2D eigenvalue weighted by atomic mass is 10.1. The van der Waals surface area contributed by atoms with Crippen LogP contribution in [0.5, 0.6) is 11.5 Å². The highest BCUT2D eigenvalue weighted by molar-refractivity contribution is 5.99. The standard InChI is InChI=1S/C17H12F8N2O5/c18-14(19)16(22,23)17(24,25)15(20,21)6-32-8-1-2-9-7(3-8)4-10(28)12(27-9)13(31)26-5-11(29)30/h1-4,14,28H,5-6H2,(H,26,31)(H,29,30). The van der Waals surface area contributed by atoms with Crippen molar-refractivity contribution in [1.82, 2.24) is 10.3 Å². The Bertz CT molecular complexity index is 1030. The van der Waals surface area contributed by atoms with E-state index in [1.54, 1.807) is 0 Å². The zero-order valence-corrected chi connectivity index (χ0v) is 15.4.